The Morgan fingerprint density at radius 2 is 1.26 bits per heavy atom. The average Bonchev–Trinajstić information content (AvgIpc) is 2.82. The number of rotatable bonds is 13. The summed E-state index contributed by atoms with van der Waals surface area (Å²) in [7, 11) is 0. The summed E-state index contributed by atoms with van der Waals surface area (Å²) in [4.78, 5) is 0. The van der Waals surface area contributed by atoms with E-state index < -0.39 is 0 Å². The van der Waals surface area contributed by atoms with Crippen molar-refractivity contribution in [1.82, 2.24) is 0 Å². The van der Waals surface area contributed by atoms with E-state index >= 15 is 0 Å². The number of unbranched alkanes of at least 4 members (excludes halogenated alkanes) is 7. The molecular formula is C31H50. The molecule has 0 nitrogen and oxygen atoms in total. The fourth-order valence-corrected chi connectivity index (χ4v) is 6.06. The van der Waals surface area contributed by atoms with E-state index in [0.29, 0.717) is 0 Å². The van der Waals surface area contributed by atoms with Gasteiger partial charge in [0.2, 0.25) is 0 Å². The molecule has 2 aliphatic carbocycles. The molecule has 0 saturated heterocycles. The number of allylic oxidation sites excluding steroid dienone is 2. The van der Waals surface area contributed by atoms with E-state index in [2.05, 4.69) is 44.2 Å². The molecule has 3 rings (SSSR count). The predicted molar refractivity (Wildman–Crippen MR) is 139 cm³/mol. The Labute approximate surface area is 194 Å². The molecule has 174 valence electrons. The van der Waals surface area contributed by atoms with Crippen LogP contribution in [0.3, 0.4) is 0 Å². The zero-order valence-corrected chi connectivity index (χ0v) is 20.8. The molecule has 1 aromatic rings. The summed E-state index contributed by atoms with van der Waals surface area (Å²) in [5.41, 5.74) is 4.71. The van der Waals surface area contributed by atoms with Crippen molar-refractivity contribution >= 4 is 5.57 Å². The van der Waals surface area contributed by atoms with Crippen molar-refractivity contribution < 1.29 is 0 Å². The van der Waals surface area contributed by atoms with Gasteiger partial charge in [0.15, 0.2) is 0 Å². The highest BCUT2D eigenvalue weighted by molar-refractivity contribution is 5.66. The Kier molecular flexibility index (Phi) is 11.3. The molecule has 0 heteroatoms. The first-order chi connectivity index (χ1) is 15.3. The molecule has 0 spiro atoms. The lowest BCUT2D eigenvalue weighted by atomic mass is 9.76. The average molecular weight is 423 g/mol. The van der Waals surface area contributed by atoms with Gasteiger partial charge in [-0.15, -0.1) is 0 Å². The topological polar surface area (TPSA) is 0 Å². The molecule has 1 aromatic carbocycles. The first kappa shape index (κ1) is 24.6. The highest BCUT2D eigenvalue weighted by atomic mass is 14.3. The van der Waals surface area contributed by atoms with Crippen LogP contribution in [0, 0.1) is 11.8 Å². The van der Waals surface area contributed by atoms with E-state index in [4.69, 9.17) is 0 Å². The number of hydrogen-bond acceptors (Lipinski definition) is 0. The molecule has 0 radical (unpaired) electrons. The van der Waals surface area contributed by atoms with Gasteiger partial charge in [0.1, 0.15) is 0 Å². The van der Waals surface area contributed by atoms with E-state index in [9.17, 15) is 0 Å². The Morgan fingerprint density at radius 3 is 1.94 bits per heavy atom. The maximum Gasteiger partial charge on any atom is -0.0162 e. The molecule has 0 N–H and O–H groups in total. The van der Waals surface area contributed by atoms with E-state index in [0.717, 1.165) is 17.8 Å². The summed E-state index contributed by atoms with van der Waals surface area (Å²) in [6.07, 6.45) is 28.1. The third-order valence-electron chi connectivity index (χ3n) is 8.30. The summed E-state index contributed by atoms with van der Waals surface area (Å²) in [5, 5.41) is 0. The molecule has 0 aliphatic heterocycles. The van der Waals surface area contributed by atoms with Gasteiger partial charge in [-0.3, -0.25) is 0 Å². The van der Waals surface area contributed by atoms with Gasteiger partial charge >= 0.3 is 0 Å². The van der Waals surface area contributed by atoms with Gasteiger partial charge in [-0.05, 0) is 79.4 Å². The van der Waals surface area contributed by atoms with Gasteiger partial charge in [0.05, 0.1) is 0 Å². The van der Waals surface area contributed by atoms with E-state index in [1.807, 2.05) is 0 Å². The van der Waals surface area contributed by atoms with Crippen molar-refractivity contribution in [2.45, 2.75) is 135 Å². The normalized spacial score (nSPS) is 24.2. The second-order valence-corrected chi connectivity index (χ2v) is 10.8. The highest BCUT2D eigenvalue weighted by Gasteiger charge is 2.22. The minimum atomic E-state index is 0.818. The number of hydrogen-bond donors (Lipinski definition) is 0. The molecule has 1 atom stereocenters. The van der Waals surface area contributed by atoms with Crippen LogP contribution in [0.5, 0.6) is 0 Å². The summed E-state index contributed by atoms with van der Waals surface area (Å²) in [5.74, 6) is 2.78. The third-order valence-corrected chi connectivity index (χ3v) is 8.30. The molecule has 31 heavy (non-hydrogen) atoms. The van der Waals surface area contributed by atoms with Crippen LogP contribution in [0.1, 0.15) is 146 Å². The van der Waals surface area contributed by atoms with E-state index in [-0.39, 0.29) is 0 Å². The SMILES string of the molecule is CCCCCCCCC1CCC(c2ccc(C3=CCC(CCCCC)CC3)cc2)CC1. The van der Waals surface area contributed by atoms with Crippen molar-refractivity contribution in [3.8, 4) is 0 Å². The lowest BCUT2D eigenvalue weighted by Gasteiger charge is -2.29. The van der Waals surface area contributed by atoms with Crippen LogP contribution in [0.25, 0.3) is 5.57 Å². The van der Waals surface area contributed by atoms with Crippen LogP contribution in [-0.4, -0.2) is 0 Å². The Hall–Kier alpha value is -1.04. The van der Waals surface area contributed by atoms with Gasteiger partial charge < -0.3 is 0 Å². The molecule has 1 saturated carbocycles. The monoisotopic (exact) mass is 422 g/mol. The van der Waals surface area contributed by atoms with Crippen LogP contribution in [0.15, 0.2) is 30.3 Å². The van der Waals surface area contributed by atoms with E-state index in [1.54, 1.807) is 11.1 Å². The quantitative estimate of drug-likeness (QED) is 0.277. The third kappa shape index (κ3) is 8.43. The molecule has 0 heterocycles. The minimum Gasteiger partial charge on any atom is -0.0804 e. The van der Waals surface area contributed by atoms with Crippen LogP contribution in [0.2, 0.25) is 0 Å². The molecule has 1 unspecified atom stereocenters. The molecule has 0 aromatic heterocycles. The maximum absolute atomic E-state index is 2.56. The van der Waals surface area contributed by atoms with E-state index in [1.165, 1.54) is 121 Å². The zero-order chi connectivity index (χ0) is 21.7. The fraction of sp³-hybridized carbons (Fsp3) is 0.742. The predicted octanol–water partition coefficient (Wildman–Crippen LogP) is 10.5. The largest absolute Gasteiger partial charge is 0.0804 e. The van der Waals surface area contributed by atoms with Crippen molar-refractivity contribution in [3.05, 3.63) is 41.5 Å². The Bertz CT molecular complexity index is 614. The molecule has 2 aliphatic rings. The number of benzene rings is 1. The van der Waals surface area contributed by atoms with Crippen LogP contribution < -0.4 is 0 Å². The summed E-state index contributed by atoms with van der Waals surface area (Å²) in [6, 6.07) is 9.78. The standard InChI is InChI=1S/C31H50/c1-3-5-7-8-9-11-13-27-16-20-29(21-17-27)31-24-22-30(23-25-31)28-18-14-26(15-19-28)12-10-6-4-2/h18,22-27,29H,3-17,19-21H2,1-2H3. The lowest BCUT2D eigenvalue weighted by molar-refractivity contribution is 0.302. The van der Waals surface area contributed by atoms with Gasteiger partial charge in [0.25, 0.3) is 0 Å². The Morgan fingerprint density at radius 1 is 0.645 bits per heavy atom. The van der Waals surface area contributed by atoms with Crippen LogP contribution in [0.4, 0.5) is 0 Å². The second kappa shape index (κ2) is 14.2. The van der Waals surface area contributed by atoms with Gasteiger partial charge in [-0.2, -0.15) is 0 Å². The Balaban J connectivity index is 1.37. The van der Waals surface area contributed by atoms with Crippen molar-refractivity contribution in [2.24, 2.45) is 11.8 Å². The lowest BCUT2D eigenvalue weighted by Crippen LogP contribution is -2.13. The fourth-order valence-electron chi connectivity index (χ4n) is 6.06. The molecule has 1 fully saturated rings. The van der Waals surface area contributed by atoms with Gasteiger partial charge in [-0.1, -0.05) is 115 Å². The van der Waals surface area contributed by atoms with Crippen molar-refractivity contribution in [2.75, 3.05) is 0 Å². The van der Waals surface area contributed by atoms with Crippen LogP contribution >= 0.6 is 0 Å². The highest BCUT2D eigenvalue weighted by Crippen LogP contribution is 2.39. The van der Waals surface area contributed by atoms with Gasteiger partial charge in [0, 0.05) is 0 Å². The smallest absolute Gasteiger partial charge is 0.0162 e. The zero-order valence-electron chi connectivity index (χ0n) is 20.8. The van der Waals surface area contributed by atoms with Crippen molar-refractivity contribution in [1.29, 1.82) is 0 Å². The van der Waals surface area contributed by atoms with Crippen LogP contribution in [-0.2, 0) is 0 Å². The van der Waals surface area contributed by atoms with Gasteiger partial charge in [-0.25, -0.2) is 0 Å². The molecular weight excluding hydrogens is 372 g/mol. The first-order valence-corrected chi connectivity index (χ1v) is 14.1. The maximum atomic E-state index is 2.56. The molecule has 0 bridgehead atoms. The van der Waals surface area contributed by atoms with Crippen molar-refractivity contribution in [3.63, 3.8) is 0 Å². The summed E-state index contributed by atoms with van der Waals surface area (Å²) >= 11 is 0. The minimum absolute atomic E-state index is 0.818. The molecule has 0 amide bonds. The summed E-state index contributed by atoms with van der Waals surface area (Å²) in [6.45, 7) is 4.62. The second-order valence-electron chi connectivity index (χ2n) is 10.8. The summed E-state index contributed by atoms with van der Waals surface area (Å²) < 4.78 is 0. The first-order valence-electron chi connectivity index (χ1n) is 14.1.